The summed E-state index contributed by atoms with van der Waals surface area (Å²) in [4.78, 5) is 8.27. The van der Waals surface area contributed by atoms with Crippen molar-refractivity contribution in [3.05, 3.63) is 58.3 Å². The van der Waals surface area contributed by atoms with E-state index in [0.29, 0.717) is 22.3 Å². The van der Waals surface area contributed by atoms with Crippen molar-refractivity contribution in [1.29, 1.82) is 0 Å². The van der Waals surface area contributed by atoms with E-state index >= 15 is 0 Å². The average molecular weight is 310 g/mol. The smallest absolute Gasteiger partial charge is 0.142 e. The summed E-state index contributed by atoms with van der Waals surface area (Å²) >= 11 is 3.20. The Morgan fingerprint density at radius 1 is 1.39 bits per heavy atom. The molecular formula is C13H13BrFN3. The van der Waals surface area contributed by atoms with Crippen molar-refractivity contribution in [1.82, 2.24) is 15.3 Å². The predicted molar refractivity (Wildman–Crippen MR) is 71.7 cm³/mol. The lowest BCUT2D eigenvalue weighted by atomic mass is 10.0. The number of hydrogen-bond donors (Lipinski definition) is 1. The van der Waals surface area contributed by atoms with Gasteiger partial charge in [-0.2, -0.15) is 0 Å². The molecule has 1 N–H and O–H groups in total. The van der Waals surface area contributed by atoms with Crippen LogP contribution in [-0.2, 0) is 0 Å². The fraction of sp³-hybridized carbons (Fsp3) is 0.231. The highest BCUT2D eigenvalue weighted by atomic mass is 79.9. The van der Waals surface area contributed by atoms with Gasteiger partial charge >= 0.3 is 0 Å². The lowest BCUT2D eigenvalue weighted by molar-refractivity contribution is 0.547. The maximum absolute atomic E-state index is 14.1. The van der Waals surface area contributed by atoms with E-state index in [4.69, 9.17) is 0 Å². The highest BCUT2D eigenvalue weighted by Gasteiger charge is 2.19. The molecule has 1 aromatic heterocycles. The number of nitrogens with one attached hydrogen (secondary N) is 1. The van der Waals surface area contributed by atoms with E-state index in [-0.39, 0.29) is 11.9 Å². The largest absolute Gasteiger partial charge is 0.305 e. The van der Waals surface area contributed by atoms with Gasteiger partial charge in [-0.1, -0.05) is 19.1 Å². The standard InChI is InChI=1S/C13H13BrFN3/c1-2-17-13(11-8-16-6-7-18-11)9-4-3-5-10(14)12(9)15/h3-8,13,17H,2H2,1H3. The molecule has 0 fully saturated rings. The van der Waals surface area contributed by atoms with E-state index < -0.39 is 0 Å². The SMILES string of the molecule is CCNC(c1cnccn1)c1cccc(Br)c1F. The molecule has 2 aromatic rings. The molecule has 5 heteroatoms. The zero-order valence-electron chi connectivity index (χ0n) is 9.90. The zero-order valence-corrected chi connectivity index (χ0v) is 11.5. The molecule has 2 rings (SSSR count). The van der Waals surface area contributed by atoms with Gasteiger partial charge in [0.25, 0.3) is 0 Å². The Bertz CT molecular complexity index is 519. The first-order valence-electron chi connectivity index (χ1n) is 5.67. The molecule has 1 heterocycles. The molecule has 0 saturated carbocycles. The lowest BCUT2D eigenvalue weighted by Crippen LogP contribution is -2.24. The van der Waals surface area contributed by atoms with Crippen molar-refractivity contribution in [3.8, 4) is 0 Å². The first kappa shape index (κ1) is 13.1. The fourth-order valence-corrected chi connectivity index (χ4v) is 2.16. The van der Waals surface area contributed by atoms with E-state index in [9.17, 15) is 4.39 Å². The Balaban J connectivity index is 2.45. The van der Waals surface area contributed by atoms with E-state index in [0.717, 1.165) is 0 Å². The van der Waals surface area contributed by atoms with E-state index in [1.165, 1.54) is 0 Å². The van der Waals surface area contributed by atoms with Gasteiger partial charge in [-0.05, 0) is 28.5 Å². The quantitative estimate of drug-likeness (QED) is 0.943. The number of benzene rings is 1. The van der Waals surface area contributed by atoms with E-state index in [1.54, 1.807) is 30.7 Å². The van der Waals surface area contributed by atoms with Crippen LogP contribution in [0.2, 0.25) is 0 Å². The summed E-state index contributed by atoms with van der Waals surface area (Å²) in [7, 11) is 0. The van der Waals surface area contributed by atoms with Crippen molar-refractivity contribution in [2.75, 3.05) is 6.54 Å². The third-order valence-electron chi connectivity index (χ3n) is 2.58. The Morgan fingerprint density at radius 2 is 2.22 bits per heavy atom. The van der Waals surface area contributed by atoms with Crippen LogP contribution >= 0.6 is 15.9 Å². The van der Waals surface area contributed by atoms with Gasteiger partial charge in [0.2, 0.25) is 0 Å². The molecule has 0 aliphatic carbocycles. The normalized spacial score (nSPS) is 12.4. The summed E-state index contributed by atoms with van der Waals surface area (Å²) in [5, 5.41) is 3.22. The molecule has 1 aromatic carbocycles. The van der Waals surface area contributed by atoms with Gasteiger partial charge in [-0.3, -0.25) is 9.97 Å². The number of rotatable bonds is 4. The maximum Gasteiger partial charge on any atom is 0.142 e. The second-order valence-corrected chi connectivity index (χ2v) is 4.62. The first-order valence-corrected chi connectivity index (χ1v) is 6.46. The molecule has 0 bridgehead atoms. The van der Waals surface area contributed by atoms with Crippen molar-refractivity contribution in [3.63, 3.8) is 0 Å². The Morgan fingerprint density at radius 3 is 2.89 bits per heavy atom. The van der Waals surface area contributed by atoms with Crippen LogP contribution < -0.4 is 5.32 Å². The van der Waals surface area contributed by atoms with Gasteiger partial charge in [-0.15, -0.1) is 0 Å². The molecule has 18 heavy (non-hydrogen) atoms. The van der Waals surface area contributed by atoms with Gasteiger partial charge in [0.15, 0.2) is 0 Å². The Labute approximate surface area is 114 Å². The Hall–Kier alpha value is -1.33. The fourth-order valence-electron chi connectivity index (χ4n) is 1.78. The van der Waals surface area contributed by atoms with E-state index in [1.807, 2.05) is 13.0 Å². The van der Waals surface area contributed by atoms with Crippen molar-refractivity contribution in [2.45, 2.75) is 13.0 Å². The molecule has 0 aliphatic rings. The summed E-state index contributed by atoms with van der Waals surface area (Å²) in [6.45, 7) is 2.69. The molecule has 0 aliphatic heterocycles. The minimum atomic E-state index is -0.291. The topological polar surface area (TPSA) is 37.8 Å². The average Bonchev–Trinajstić information content (AvgIpc) is 2.41. The number of aromatic nitrogens is 2. The summed E-state index contributed by atoms with van der Waals surface area (Å²) in [6.07, 6.45) is 4.85. The number of hydrogen-bond acceptors (Lipinski definition) is 3. The van der Waals surface area contributed by atoms with Crippen LogP contribution in [0.1, 0.15) is 24.2 Å². The lowest BCUT2D eigenvalue weighted by Gasteiger charge is -2.18. The van der Waals surface area contributed by atoms with Crippen molar-refractivity contribution in [2.24, 2.45) is 0 Å². The molecule has 0 spiro atoms. The van der Waals surface area contributed by atoms with E-state index in [2.05, 4.69) is 31.2 Å². The second kappa shape index (κ2) is 6.02. The van der Waals surface area contributed by atoms with Gasteiger partial charge in [0, 0.05) is 18.0 Å². The minimum absolute atomic E-state index is 0.269. The third kappa shape index (κ3) is 2.73. The summed E-state index contributed by atoms with van der Waals surface area (Å²) in [5.41, 5.74) is 1.27. The van der Waals surface area contributed by atoms with Crippen LogP contribution in [0.25, 0.3) is 0 Å². The van der Waals surface area contributed by atoms with Crippen LogP contribution in [0.15, 0.2) is 41.3 Å². The summed E-state index contributed by atoms with van der Waals surface area (Å²) in [6, 6.07) is 4.95. The molecule has 3 nitrogen and oxygen atoms in total. The van der Waals surface area contributed by atoms with Crippen LogP contribution in [0.5, 0.6) is 0 Å². The first-order chi connectivity index (χ1) is 8.74. The third-order valence-corrected chi connectivity index (χ3v) is 3.19. The van der Waals surface area contributed by atoms with Crippen LogP contribution in [0, 0.1) is 5.82 Å². The number of halogens is 2. The monoisotopic (exact) mass is 309 g/mol. The van der Waals surface area contributed by atoms with Crippen molar-refractivity contribution < 1.29 is 4.39 Å². The van der Waals surface area contributed by atoms with Crippen LogP contribution in [0.3, 0.4) is 0 Å². The molecule has 0 radical (unpaired) electrons. The maximum atomic E-state index is 14.1. The van der Waals surface area contributed by atoms with Crippen molar-refractivity contribution >= 4 is 15.9 Å². The molecule has 1 atom stereocenters. The van der Waals surface area contributed by atoms with Gasteiger partial charge < -0.3 is 5.32 Å². The van der Waals surface area contributed by atoms with Gasteiger partial charge in [0.05, 0.1) is 22.4 Å². The molecular weight excluding hydrogens is 297 g/mol. The molecule has 0 saturated heterocycles. The van der Waals surface area contributed by atoms with Crippen LogP contribution in [-0.4, -0.2) is 16.5 Å². The zero-order chi connectivity index (χ0) is 13.0. The summed E-state index contributed by atoms with van der Waals surface area (Å²) in [5.74, 6) is -0.269. The highest BCUT2D eigenvalue weighted by molar-refractivity contribution is 9.10. The van der Waals surface area contributed by atoms with Crippen LogP contribution in [0.4, 0.5) is 4.39 Å². The van der Waals surface area contributed by atoms with Gasteiger partial charge in [0.1, 0.15) is 5.82 Å². The molecule has 0 amide bonds. The Kier molecular flexibility index (Phi) is 4.38. The predicted octanol–water partition coefficient (Wildman–Crippen LogP) is 3.08. The summed E-state index contributed by atoms with van der Waals surface area (Å²) < 4.78 is 14.6. The van der Waals surface area contributed by atoms with Gasteiger partial charge in [-0.25, -0.2) is 4.39 Å². The molecule has 1 unspecified atom stereocenters. The second-order valence-electron chi connectivity index (χ2n) is 3.76. The number of nitrogens with zero attached hydrogens (tertiary/aromatic N) is 2. The minimum Gasteiger partial charge on any atom is -0.305 e. The highest BCUT2D eigenvalue weighted by Crippen LogP contribution is 2.26. The molecule has 94 valence electrons.